The molecule has 1 atom stereocenters. The van der Waals surface area contributed by atoms with Gasteiger partial charge in [-0.1, -0.05) is 34.1 Å². The Labute approximate surface area is 98.2 Å². The lowest BCUT2D eigenvalue weighted by molar-refractivity contribution is -0.121. The Hall–Kier alpha value is -0.870. The highest BCUT2D eigenvalue weighted by Crippen LogP contribution is 2.22. The molecule has 0 fully saturated rings. The van der Waals surface area contributed by atoms with Crippen molar-refractivity contribution in [1.29, 1.82) is 0 Å². The Morgan fingerprint density at radius 2 is 2.20 bits per heavy atom. The first-order valence-corrected chi connectivity index (χ1v) is 5.68. The van der Waals surface area contributed by atoms with Crippen LogP contribution in [0.3, 0.4) is 0 Å². The van der Waals surface area contributed by atoms with Crippen LogP contribution in [-0.2, 0) is 4.79 Å². The molecular formula is C11H15BrN2O. The van der Waals surface area contributed by atoms with E-state index in [1.807, 2.05) is 31.2 Å². The van der Waals surface area contributed by atoms with Gasteiger partial charge in [-0.3, -0.25) is 4.79 Å². The van der Waals surface area contributed by atoms with Crippen molar-refractivity contribution < 1.29 is 4.79 Å². The smallest absolute Gasteiger partial charge is 0.221 e. The summed E-state index contributed by atoms with van der Waals surface area (Å²) in [5.41, 5.74) is 6.38. The zero-order chi connectivity index (χ0) is 11.3. The second kappa shape index (κ2) is 5.88. The summed E-state index contributed by atoms with van der Waals surface area (Å²) < 4.78 is 1.01. The summed E-state index contributed by atoms with van der Waals surface area (Å²) in [6.45, 7) is 2.34. The van der Waals surface area contributed by atoms with Gasteiger partial charge in [0.1, 0.15) is 0 Å². The minimum atomic E-state index is -0.0132. The average Bonchev–Trinajstić information content (AvgIpc) is 2.18. The van der Waals surface area contributed by atoms with Gasteiger partial charge >= 0.3 is 0 Å². The first-order chi connectivity index (χ1) is 7.15. The van der Waals surface area contributed by atoms with Crippen LogP contribution in [0.15, 0.2) is 28.7 Å². The van der Waals surface area contributed by atoms with Crippen molar-refractivity contribution in [2.24, 2.45) is 5.73 Å². The third-order valence-electron chi connectivity index (χ3n) is 2.12. The zero-order valence-corrected chi connectivity index (χ0v) is 10.3. The molecule has 0 aromatic heterocycles. The van der Waals surface area contributed by atoms with E-state index in [1.165, 1.54) is 0 Å². The Morgan fingerprint density at radius 3 is 2.80 bits per heavy atom. The third-order valence-corrected chi connectivity index (χ3v) is 2.84. The van der Waals surface area contributed by atoms with Gasteiger partial charge in [-0.2, -0.15) is 0 Å². The molecule has 1 aromatic rings. The van der Waals surface area contributed by atoms with E-state index in [0.717, 1.165) is 10.0 Å². The van der Waals surface area contributed by atoms with Crippen LogP contribution in [0.25, 0.3) is 0 Å². The first kappa shape index (κ1) is 12.2. The average molecular weight is 271 g/mol. The molecule has 0 aliphatic carbocycles. The van der Waals surface area contributed by atoms with Gasteiger partial charge in [-0.15, -0.1) is 0 Å². The molecule has 3 nitrogen and oxygen atoms in total. The molecule has 0 saturated heterocycles. The van der Waals surface area contributed by atoms with Gasteiger partial charge in [0.15, 0.2) is 0 Å². The Bertz CT molecular complexity index is 341. The molecular weight excluding hydrogens is 256 g/mol. The summed E-state index contributed by atoms with van der Waals surface area (Å²) >= 11 is 3.45. The fourth-order valence-electron chi connectivity index (χ4n) is 1.35. The number of carbonyl (C=O) groups is 1. The molecule has 15 heavy (non-hydrogen) atoms. The van der Waals surface area contributed by atoms with Crippen molar-refractivity contribution >= 4 is 21.8 Å². The number of nitrogens with one attached hydrogen (secondary N) is 1. The number of rotatable bonds is 4. The largest absolute Gasteiger partial charge is 0.350 e. The monoisotopic (exact) mass is 270 g/mol. The lowest BCUT2D eigenvalue weighted by Gasteiger charge is -2.15. The van der Waals surface area contributed by atoms with Gasteiger partial charge in [0.2, 0.25) is 5.91 Å². The summed E-state index contributed by atoms with van der Waals surface area (Å²) in [5.74, 6) is -0.0132. The minimum Gasteiger partial charge on any atom is -0.350 e. The van der Waals surface area contributed by atoms with Crippen molar-refractivity contribution in [2.75, 3.05) is 6.54 Å². The van der Waals surface area contributed by atoms with Gasteiger partial charge in [-0.05, 0) is 18.6 Å². The van der Waals surface area contributed by atoms with Crippen molar-refractivity contribution in [1.82, 2.24) is 5.32 Å². The normalized spacial score (nSPS) is 12.2. The van der Waals surface area contributed by atoms with Crippen LogP contribution in [0, 0.1) is 0 Å². The Kier molecular flexibility index (Phi) is 4.78. The lowest BCUT2D eigenvalue weighted by Crippen LogP contribution is -2.28. The van der Waals surface area contributed by atoms with Crippen molar-refractivity contribution in [3.05, 3.63) is 34.3 Å². The molecule has 0 spiro atoms. The number of hydrogen-bond donors (Lipinski definition) is 2. The Morgan fingerprint density at radius 1 is 1.53 bits per heavy atom. The first-order valence-electron chi connectivity index (χ1n) is 4.89. The molecule has 0 unspecified atom stereocenters. The van der Waals surface area contributed by atoms with Crippen molar-refractivity contribution in [2.45, 2.75) is 19.4 Å². The predicted octanol–water partition coefficient (Wildman–Crippen LogP) is 1.98. The highest BCUT2D eigenvalue weighted by molar-refractivity contribution is 9.10. The Balaban J connectivity index is 2.65. The molecule has 0 radical (unpaired) electrons. The van der Waals surface area contributed by atoms with Gasteiger partial charge < -0.3 is 11.1 Å². The SMILES string of the molecule is C[C@@H](NC(=O)CCN)c1ccccc1Br. The number of amides is 1. The highest BCUT2D eigenvalue weighted by Gasteiger charge is 2.10. The van der Waals surface area contributed by atoms with Gasteiger partial charge in [0, 0.05) is 17.4 Å². The molecule has 0 bridgehead atoms. The number of benzene rings is 1. The van der Waals surface area contributed by atoms with Crippen molar-refractivity contribution in [3.63, 3.8) is 0 Å². The van der Waals surface area contributed by atoms with Crippen LogP contribution in [0.1, 0.15) is 24.9 Å². The summed E-state index contributed by atoms with van der Waals surface area (Å²) in [5, 5.41) is 2.89. The quantitative estimate of drug-likeness (QED) is 0.879. The molecule has 0 aliphatic heterocycles. The summed E-state index contributed by atoms with van der Waals surface area (Å²) in [6.07, 6.45) is 0.370. The number of nitrogens with two attached hydrogens (primary N) is 1. The van der Waals surface area contributed by atoms with Crippen molar-refractivity contribution in [3.8, 4) is 0 Å². The fourth-order valence-corrected chi connectivity index (χ4v) is 1.98. The van der Waals surface area contributed by atoms with Crippen LogP contribution in [0.4, 0.5) is 0 Å². The van der Waals surface area contributed by atoms with E-state index in [9.17, 15) is 4.79 Å². The highest BCUT2D eigenvalue weighted by atomic mass is 79.9. The maximum Gasteiger partial charge on any atom is 0.221 e. The van der Waals surface area contributed by atoms with E-state index in [0.29, 0.717) is 13.0 Å². The van der Waals surface area contributed by atoms with E-state index >= 15 is 0 Å². The number of halogens is 1. The van der Waals surface area contributed by atoms with E-state index in [4.69, 9.17) is 5.73 Å². The van der Waals surface area contributed by atoms with Crippen LogP contribution >= 0.6 is 15.9 Å². The topological polar surface area (TPSA) is 55.1 Å². The van der Waals surface area contributed by atoms with Crippen LogP contribution in [-0.4, -0.2) is 12.5 Å². The standard InChI is InChI=1S/C11H15BrN2O/c1-8(14-11(15)6-7-13)9-4-2-3-5-10(9)12/h2-5,8H,6-7,13H2,1H3,(H,14,15)/t8-/m1/s1. The molecule has 82 valence electrons. The van der Waals surface area contributed by atoms with Gasteiger partial charge in [-0.25, -0.2) is 0 Å². The minimum absolute atomic E-state index is 0.000347. The molecule has 0 saturated carbocycles. The number of hydrogen-bond acceptors (Lipinski definition) is 2. The van der Waals surface area contributed by atoms with Crippen LogP contribution in [0.5, 0.6) is 0 Å². The van der Waals surface area contributed by atoms with E-state index in [1.54, 1.807) is 0 Å². The summed E-state index contributed by atoms with van der Waals surface area (Å²) in [4.78, 5) is 11.3. The molecule has 0 heterocycles. The fraction of sp³-hybridized carbons (Fsp3) is 0.364. The van der Waals surface area contributed by atoms with Gasteiger partial charge in [0.05, 0.1) is 6.04 Å². The summed E-state index contributed by atoms with van der Waals surface area (Å²) in [7, 11) is 0. The van der Waals surface area contributed by atoms with Crippen LogP contribution < -0.4 is 11.1 Å². The predicted molar refractivity (Wildman–Crippen MR) is 64.4 cm³/mol. The molecule has 4 heteroatoms. The molecule has 1 amide bonds. The lowest BCUT2D eigenvalue weighted by atomic mass is 10.1. The molecule has 1 rings (SSSR count). The van der Waals surface area contributed by atoms with Gasteiger partial charge in [0.25, 0.3) is 0 Å². The van der Waals surface area contributed by atoms with E-state index in [-0.39, 0.29) is 11.9 Å². The number of carbonyl (C=O) groups excluding carboxylic acids is 1. The zero-order valence-electron chi connectivity index (χ0n) is 8.66. The molecule has 3 N–H and O–H groups in total. The second-order valence-electron chi connectivity index (χ2n) is 3.35. The third kappa shape index (κ3) is 3.64. The maximum atomic E-state index is 11.3. The maximum absolute atomic E-state index is 11.3. The van der Waals surface area contributed by atoms with E-state index in [2.05, 4.69) is 21.2 Å². The summed E-state index contributed by atoms with van der Waals surface area (Å²) in [6, 6.07) is 7.84. The second-order valence-corrected chi connectivity index (χ2v) is 4.20. The van der Waals surface area contributed by atoms with E-state index < -0.39 is 0 Å². The molecule has 0 aliphatic rings. The molecule has 1 aromatic carbocycles. The van der Waals surface area contributed by atoms with Crippen LogP contribution in [0.2, 0.25) is 0 Å².